The van der Waals surface area contributed by atoms with Gasteiger partial charge in [-0.3, -0.25) is 4.79 Å². The van der Waals surface area contributed by atoms with Crippen LogP contribution < -0.4 is 9.64 Å². The Morgan fingerprint density at radius 3 is 2.78 bits per heavy atom. The predicted molar refractivity (Wildman–Crippen MR) is 103 cm³/mol. The summed E-state index contributed by atoms with van der Waals surface area (Å²) in [6, 6.07) is 8.26. The van der Waals surface area contributed by atoms with Crippen LogP contribution in [0.4, 0.5) is 6.01 Å². The van der Waals surface area contributed by atoms with Gasteiger partial charge in [0.2, 0.25) is 5.91 Å². The largest absolute Gasteiger partial charge is 0.497 e. The summed E-state index contributed by atoms with van der Waals surface area (Å²) in [5, 5.41) is 4.02. The molecule has 2 aromatic rings. The first-order valence-corrected chi connectivity index (χ1v) is 9.45. The second kappa shape index (κ2) is 8.88. The number of aromatic nitrogens is 2. The zero-order chi connectivity index (χ0) is 19.2. The molecule has 0 aliphatic carbocycles. The SMILES string of the molecule is COc1cccc(CC(=O)N2CCC(CCc3noc(N(C)C)n3)CC2)c1. The highest BCUT2D eigenvalue weighted by Gasteiger charge is 2.23. The number of amides is 1. The minimum absolute atomic E-state index is 0.190. The number of carbonyl (C=O) groups is 1. The van der Waals surface area contributed by atoms with E-state index in [1.54, 1.807) is 7.11 Å². The molecule has 2 heterocycles. The average Bonchev–Trinajstić information content (AvgIpc) is 3.16. The molecule has 7 heteroatoms. The maximum Gasteiger partial charge on any atom is 0.323 e. The summed E-state index contributed by atoms with van der Waals surface area (Å²) in [6.45, 7) is 1.64. The molecule has 0 bridgehead atoms. The van der Waals surface area contributed by atoms with Crippen LogP contribution in [0, 0.1) is 5.92 Å². The van der Waals surface area contributed by atoms with E-state index in [1.807, 2.05) is 48.2 Å². The van der Waals surface area contributed by atoms with E-state index in [9.17, 15) is 4.79 Å². The molecule has 3 rings (SSSR count). The molecule has 1 aromatic heterocycles. The van der Waals surface area contributed by atoms with Gasteiger partial charge in [0, 0.05) is 33.6 Å². The first-order chi connectivity index (χ1) is 13.0. The van der Waals surface area contributed by atoms with E-state index in [4.69, 9.17) is 9.26 Å². The number of hydrogen-bond donors (Lipinski definition) is 0. The Bertz CT molecular complexity index is 751. The molecule has 0 atom stereocenters. The minimum atomic E-state index is 0.190. The lowest BCUT2D eigenvalue weighted by molar-refractivity contribution is -0.131. The topological polar surface area (TPSA) is 71.7 Å². The molecule has 1 fully saturated rings. The van der Waals surface area contributed by atoms with Crippen LogP contribution >= 0.6 is 0 Å². The Morgan fingerprint density at radius 2 is 2.11 bits per heavy atom. The van der Waals surface area contributed by atoms with E-state index in [1.165, 1.54) is 0 Å². The average molecular weight is 372 g/mol. The van der Waals surface area contributed by atoms with Crippen molar-refractivity contribution in [1.82, 2.24) is 15.0 Å². The molecule has 1 amide bonds. The van der Waals surface area contributed by atoms with E-state index in [-0.39, 0.29) is 5.91 Å². The number of methoxy groups -OCH3 is 1. The third kappa shape index (κ3) is 5.21. The van der Waals surface area contributed by atoms with Gasteiger partial charge >= 0.3 is 6.01 Å². The fourth-order valence-corrected chi connectivity index (χ4v) is 3.40. The van der Waals surface area contributed by atoms with Crippen LogP contribution in [0.3, 0.4) is 0 Å². The summed E-state index contributed by atoms with van der Waals surface area (Å²) in [5.41, 5.74) is 0.996. The summed E-state index contributed by atoms with van der Waals surface area (Å²) in [5.74, 6) is 2.34. The number of benzene rings is 1. The van der Waals surface area contributed by atoms with Gasteiger partial charge in [0.05, 0.1) is 13.5 Å². The van der Waals surface area contributed by atoms with Crippen molar-refractivity contribution in [3.63, 3.8) is 0 Å². The van der Waals surface area contributed by atoms with Crippen molar-refractivity contribution in [3.8, 4) is 5.75 Å². The molecule has 146 valence electrons. The fraction of sp³-hybridized carbons (Fsp3) is 0.550. The quantitative estimate of drug-likeness (QED) is 0.744. The van der Waals surface area contributed by atoms with Crippen LogP contribution in [0.1, 0.15) is 30.7 Å². The lowest BCUT2D eigenvalue weighted by Crippen LogP contribution is -2.39. The number of carbonyl (C=O) groups excluding carboxylic acids is 1. The number of aryl methyl sites for hydroxylation is 1. The number of likely N-dealkylation sites (tertiary alicyclic amines) is 1. The van der Waals surface area contributed by atoms with Gasteiger partial charge in [0.1, 0.15) is 5.75 Å². The Kier molecular flexibility index (Phi) is 6.32. The van der Waals surface area contributed by atoms with E-state index in [2.05, 4.69) is 10.1 Å². The number of hydrogen-bond acceptors (Lipinski definition) is 6. The summed E-state index contributed by atoms with van der Waals surface area (Å²) in [4.78, 5) is 20.7. The highest BCUT2D eigenvalue weighted by Crippen LogP contribution is 2.23. The molecule has 1 aromatic carbocycles. The molecular formula is C20H28N4O3. The molecule has 1 aliphatic rings. The smallest absolute Gasteiger partial charge is 0.323 e. The third-order valence-corrected chi connectivity index (χ3v) is 5.07. The molecule has 0 N–H and O–H groups in total. The van der Waals surface area contributed by atoms with Crippen LogP contribution in [0.2, 0.25) is 0 Å². The van der Waals surface area contributed by atoms with E-state index >= 15 is 0 Å². The van der Waals surface area contributed by atoms with E-state index < -0.39 is 0 Å². The van der Waals surface area contributed by atoms with Crippen molar-refractivity contribution < 1.29 is 14.1 Å². The summed E-state index contributed by atoms with van der Waals surface area (Å²) in [6.07, 6.45) is 4.34. The Hall–Kier alpha value is -2.57. The maximum absolute atomic E-state index is 12.6. The molecular weight excluding hydrogens is 344 g/mol. The Labute approximate surface area is 160 Å². The van der Waals surface area contributed by atoms with Gasteiger partial charge in [-0.2, -0.15) is 4.98 Å². The van der Waals surface area contributed by atoms with E-state index in [0.29, 0.717) is 18.4 Å². The summed E-state index contributed by atoms with van der Waals surface area (Å²) in [7, 11) is 5.41. The lowest BCUT2D eigenvalue weighted by Gasteiger charge is -2.32. The number of rotatable bonds is 7. The first-order valence-electron chi connectivity index (χ1n) is 9.45. The number of ether oxygens (including phenoxy) is 1. The minimum Gasteiger partial charge on any atom is -0.497 e. The number of anilines is 1. The molecule has 7 nitrogen and oxygen atoms in total. The van der Waals surface area contributed by atoms with Gasteiger partial charge in [-0.1, -0.05) is 17.3 Å². The van der Waals surface area contributed by atoms with Crippen molar-refractivity contribution in [2.75, 3.05) is 39.2 Å². The molecule has 0 spiro atoms. The molecule has 27 heavy (non-hydrogen) atoms. The number of nitrogens with zero attached hydrogens (tertiary/aromatic N) is 4. The zero-order valence-corrected chi connectivity index (χ0v) is 16.4. The van der Waals surface area contributed by atoms with Gasteiger partial charge < -0.3 is 19.1 Å². The molecule has 0 radical (unpaired) electrons. The van der Waals surface area contributed by atoms with Gasteiger partial charge in [-0.25, -0.2) is 0 Å². The third-order valence-electron chi connectivity index (χ3n) is 5.07. The van der Waals surface area contributed by atoms with Crippen molar-refractivity contribution in [2.45, 2.75) is 32.1 Å². The van der Waals surface area contributed by atoms with E-state index in [0.717, 1.165) is 55.9 Å². The summed E-state index contributed by atoms with van der Waals surface area (Å²) >= 11 is 0. The highest BCUT2D eigenvalue weighted by molar-refractivity contribution is 5.79. The van der Waals surface area contributed by atoms with Crippen LogP contribution in [0.15, 0.2) is 28.8 Å². The van der Waals surface area contributed by atoms with Gasteiger partial charge in [0.15, 0.2) is 5.82 Å². The van der Waals surface area contributed by atoms with Gasteiger partial charge in [-0.15, -0.1) is 0 Å². The van der Waals surface area contributed by atoms with Crippen molar-refractivity contribution in [3.05, 3.63) is 35.7 Å². The maximum atomic E-state index is 12.6. The molecule has 0 saturated carbocycles. The second-order valence-electron chi connectivity index (χ2n) is 7.28. The van der Waals surface area contributed by atoms with Crippen LogP contribution in [-0.4, -0.2) is 55.2 Å². The molecule has 0 unspecified atom stereocenters. The monoisotopic (exact) mass is 372 g/mol. The van der Waals surface area contributed by atoms with Gasteiger partial charge in [-0.05, 0) is 42.9 Å². The fourth-order valence-electron chi connectivity index (χ4n) is 3.40. The predicted octanol–water partition coefficient (Wildman–Crippen LogP) is 2.56. The normalized spacial score (nSPS) is 15.0. The van der Waals surface area contributed by atoms with Crippen molar-refractivity contribution in [2.24, 2.45) is 5.92 Å². The second-order valence-corrected chi connectivity index (χ2v) is 7.28. The first kappa shape index (κ1) is 19.2. The van der Waals surface area contributed by atoms with Crippen molar-refractivity contribution >= 4 is 11.9 Å². The molecule has 1 aliphatic heterocycles. The Balaban J connectivity index is 1.43. The van der Waals surface area contributed by atoms with Crippen LogP contribution in [0.25, 0.3) is 0 Å². The van der Waals surface area contributed by atoms with Crippen molar-refractivity contribution in [1.29, 1.82) is 0 Å². The molecule has 1 saturated heterocycles. The Morgan fingerprint density at radius 1 is 1.33 bits per heavy atom. The highest BCUT2D eigenvalue weighted by atomic mass is 16.5. The standard InChI is InChI=1S/C20H28N4O3/c1-23(2)20-21-18(22-27-20)8-7-15-9-11-24(12-10-15)19(25)14-16-5-4-6-17(13-16)26-3/h4-6,13,15H,7-12,14H2,1-3H3. The zero-order valence-electron chi connectivity index (χ0n) is 16.4. The van der Waals surface area contributed by atoms with Crippen LogP contribution in [0.5, 0.6) is 5.75 Å². The van der Waals surface area contributed by atoms with Gasteiger partial charge in [0.25, 0.3) is 0 Å². The lowest BCUT2D eigenvalue weighted by atomic mass is 9.92. The van der Waals surface area contributed by atoms with Crippen LogP contribution in [-0.2, 0) is 17.6 Å². The summed E-state index contributed by atoms with van der Waals surface area (Å²) < 4.78 is 10.4. The number of piperidine rings is 1.